The van der Waals surface area contributed by atoms with E-state index in [1.807, 2.05) is 0 Å². The number of nitrogens with two attached hydrogens (primary N) is 1. The maximum absolute atomic E-state index is 12.7. The number of carbonyl (C=O) groups is 2. The fraction of sp³-hybridized carbons (Fsp3) is 0.529. The van der Waals surface area contributed by atoms with Gasteiger partial charge in [-0.05, 0) is 38.8 Å². The summed E-state index contributed by atoms with van der Waals surface area (Å²) in [6.07, 6.45) is 4.33. The molecule has 1 aliphatic heterocycles. The van der Waals surface area contributed by atoms with Crippen LogP contribution in [0.15, 0.2) is 18.2 Å². The van der Waals surface area contributed by atoms with E-state index in [0.717, 1.165) is 25.7 Å². The van der Waals surface area contributed by atoms with Gasteiger partial charge in [0.25, 0.3) is 5.91 Å². The normalized spacial score (nSPS) is 20.1. The number of ether oxygens (including phenoxy) is 1. The van der Waals surface area contributed by atoms with Gasteiger partial charge in [0.05, 0.1) is 5.69 Å². The largest absolute Gasteiger partial charge is 0.476 e. The summed E-state index contributed by atoms with van der Waals surface area (Å²) >= 11 is 0. The molecule has 2 aliphatic rings. The minimum atomic E-state index is -1.02. The SMILES string of the molecule is CC1(C)Oc2cc(N)ccc2N(CC(=O)NC2CCCC2)C1=O. The van der Waals surface area contributed by atoms with Crippen molar-refractivity contribution in [3.05, 3.63) is 18.2 Å². The van der Waals surface area contributed by atoms with Crippen LogP contribution in [0.25, 0.3) is 0 Å². The number of nitrogens with zero attached hydrogens (tertiary/aromatic N) is 1. The van der Waals surface area contributed by atoms with Crippen LogP contribution in [-0.2, 0) is 9.59 Å². The summed E-state index contributed by atoms with van der Waals surface area (Å²) < 4.78 is 5.75. The molecule has 0 spiro atoms. The predicted octanol–water partition coefficient (Wildman–Crippen LogP) is 1.83. The highest BCUT2D eigenvalue weighted by atomic mass is 16.5. The van der Waals surface area contributed by atoms with E-state index in [9.17, 15) is 9.59 Å². The van der Waals surface area contributed by atoms with E-state index < -0.39 is 5.60 Å². The molecule has 0 radical (unpaired) electrons. The Morgan fingerprint density at radius 3 is 2.78 bits per heavy atom. The average molecular weight is 317 g/mol. The molecule has 0 bridgehead atoms. The number of hydrogen-bond donors (Lipinski definition) is 2. The van der Waals surface area contributed by atoms with Crippen LogP contribution in [-0.4, -0.2) is 30.0 Å². The Morgan fingerprint density at radius 1 is 1.39 bits per heavy atom. The van der Waals surface area contributed by atoms with Gasteiger partial charge in [-0.1, -0.05) is 12.8 Å². The Balaban J connectivity index is 1.81. The summed E-state index contributed by atoms with van der Waals surface area (Å²) in [6.45, 7) is 3.39. The molecule has 0 aromatic heterocycles. The third-order valence-electron chi connectivity index (χ3n) is 4.42. The highest BCUT2D eigenvalue weighted by molar-refractivity contribution is 6.05. The molecule has 0 unspecified atom stereocenters. The second kappa shape index (κ2) is 5.76. The molecule has 6 nitrogen and oxygen atoms in total. The first-order valence-corrected chi connectivity index (χ1v) is 8.07. The van der Waals surface area contributed by atoms with Gasteiger partial charge < -0.3 is 15.8 Å². The van der Waals surface area contributed by atoms with Gasteiger partial charge >= 0.3 is 0 Å². The maximum atomic E-state index is 12.7. The van der Waals surface area contributed by atoms with Crippen LogP contribution in [0, 0.1) is 0 Å². The van der Waals surface area contributed by atoms with E-state index in [2.05, 4.69) is 5.32 Å². The van der Waals surface area contributed by atoms with Crippen LogP contribution in [0.2, 0.25) is 0 Å². The molecule has 1 aromatic rings. The van der Waals surface area contributed by atoms with Crippen LogP contribution >= 0.6 is 0 Å². The molecule has 23 heavy (non-hydrogen) atoms. The molecule has 1 fully saturated rings. The summed E-state index contributed by atoms with van der Waals surface area (Å²) in [7, 11) is 0. The third-order valence-corrected chi connectivity index (χ3v) is 4.42. The summed E-state index contributed by atoms with van der Waals surface area (Å²) in [5, 5.41) is 3.02. The summed E-state index contributed by atoms with van der Waals surface area (Å²) in [4.78, 5) is 26.5. The van der Waals surface area contributed by atoms with Gasteiger partial charge in [0, 0.05) is 17.8 Å². The average Bonchev–Trinajstić information content (AvgIpc) is 2.96. The van der Waals surface area contributed by atoms with Gasteiger partial charge in [0.15, 0.2) is 5.60 Å². The Bertz CT molecular complexity index is 636. The van der Waals surface area contributed by atoms with Crippen molar-refractivity contribution in [1.82, 2.24) is 5.32 Å². The second-order valence-corrected chi connectivity index (χ2v) is 6.78. The number of nitrogen functional groups attached to an aromatic ring is 1. The quantitative estimate of drug-likeness (QED) is 0.833. The maximum Gasteiger partial charge on any atom is 0.271 e. The van der Waals surface area contributed by atoms with Gasteiger partial charge in [-0.15, -0.1) is 0 Å². The second-order valence-electron chi connectivity index (χ2n) is 6.78. The summed E-state index contributed by atoms with van der Waals surface area (Å²) in [6, 6.07) is 5.35. The fourth-order valence-electron chi connectivity index (χ4n) is 3.23. The fourth-order valence-corrected chi connectivity index (χ4v) is 3.23. The monoisotopic (exact) mass is 317 g/mol. The van der Waals surface area contributed by atoms with Crippen molar-refractivity contribution in [2.45, 2.75) is 51.2 Å². The number of fused-ring (bicyclic) bond motifs is 1. The lowest BCUT2D eigenvalue weighted by Crippen LogP contribution is -2.55. The third kappa shape index (κ3) is 3.11. The van der Waals surface area contributed by atoms with Crippen LogP contribution in [0.1, 0.15) is 39.5 Å². The van der Waals surface area contributed by atoms with E-state index in [1.165, 1.54) is 4.90 Å². The summed E-state index contributed by atoms with van der Waals surface area (Å²) in [5.74, 6) is 0.172. The minimum Gasteiger partial charge on any atom is -0.476 e. The Morgan fingerprint density at radius 2 is 2.09 bits per heavy atom. The number of anilines is 2. The van der Waals surface area contributed by atoms with E-state index in [4.69, 9.17) is 10.5 Å². The molecule has 1 saturated carbocycles. The van der Waals surface area contributed by atoms with Crippen molar-refractivity contribution in [3.63, 3.8) is 0 Å². The lowest BCUT2D eigenvalue weighted by molar-refractivity contribution is -0.134. The molecule has 3 N–H and O–H groups in total. The molecule has 3 rings (SSSR count). The highest BCUT2D eigenvalue weighted by Gasteiger charge is 2.41. The first-order valence-electron chi connectivity index (χ1n) is 8.07. The molecule has 1 aliphatic carbocycles. The molecule has 1 heterocycles. The smallest absolute Gasteiger partial charge is 0.271 e. The Kier molecular flexibility index (Phi) is 3.92. The number of hydrogen-bond acceptors (Lipinski definition) is 4. The van der Waals surface area contributed by atoms with Crippen molar-refractivity contribution < 1.29 is 14.3 Å². The zero-order chi connectivity index (χ0) is 16.6. The van der Waals surface area contributed by atoms with E-state index in [1.54, 1.807) is 32.0 Å². The molecule has 2 amide bonds. The van der Waals surface area contributed by atoms with Gasteiger partial charge in [0.2, 0.25) is 5.91 Å². The molecule has 0 atom stereocenters. The predicted molar refractivity (Wildman–Crippen MR) is 88.3 cm³/mol. The first-order chi connectivity index (χ1) is 10.9. The molecular weight excluding hydrogens is 294 g/mol. The van der Waals surface area contributed by atoms with E-state index in [-0.39, 0.29) is 24.4 Å². The zero-order valence-corrected chi connectivity index (χ0v) is 13.6. The summed E-state index contributed by atoms with van der Waals surface area (Å²) in [5.41, 5.74) is 5.93. The van der Waals surface area contributed by atoms with Crippen molar-refractivity contribution in [1.29, 1.82) is 0 Å². The Hall–Kier alpha value is -2.24. The van der Waals surface area contributed by atoms with Crippen LogP contribution in [0.3, 0.4) is 0 Å². The van der Waals surface area contributed by atoms with E-state index in [0.29, 0.717) is 17.1 Å². The number of carbonyl (C=O) groups excluding carboxylic acids is 2. The van der Waals surface area contributed by atoms with E-state index >= 15 is 0 Å². The zero-order valence-electron chi connectivity index (χ0n) is 13.6. The molecule has 0 saturated heterocycles. The molecule has 6 heteroatoms. The number of nitrogens with one attached hydrogen (secondary N) is 1. The van der Waals surface area contributed by atoms with Crippen molar-refractivity contribution in [2.75, 3.05) is 17.2 Å². The van der Waals surface area contributed by atoms with Crippen LogP contribution in [0.5, 0.6) is 5.75 Å². The Labute approximate surface area is 136 Å². The lowest BCUT2D eigenvalue weighted by atomic mass is 10.0. The van der Waals surface area contributed by atoms with Gasteiger partial charge in [-0.25, -0.2) is 0 Å². The lowest BCUT2D eigenvalue weighted by Gasteiger charge is -2.38. The van der Waals surface area contributed by atoms with Crippen molar-refractivity contribution >= 4 is 23.2 Å². The van der Waals surface area contributed by atoms with Gasteiger partial charge in [-0.3, -0.25) is 14.5 Å². The molecular formula is C17H23N3O3. The number of amides is 2. The van der Waals surface area contributed by atoms with Crippen molar-refractivity contribution in [2.24, 2.45) is 0 Å². The van der Waals surface area contributed by atoms with Gasteiger partial charge in [-0.2, -0.15) is 0 Å². The van der Waals surface area contributed by atoms with Crippen LogP contribution in [0.4, 0.5) is 11.4 Å². The topological polar surface area (TPSA) is 84.7 Å². The van der Waals surface area contributed by atoms with Crippen molar-refractivity contribution in [3.8, 4) is 5.75 Å². The minimum absolute atomic E-state index is 0.000951. The molecule has 1 aromatic carbocycles. The standard InChI is InChI=1S/C17H23N3O3/c1-17(2)16(22)20(10-15(21)19-12-5-3-4-6-12)13-8-7-11(18)9-14(13)23-17/h7-9,12H,3-6,10,18H2,1-2H3,(H,19,21). The van der Waals surface area contributed by atoms with Gasteiger partial charge in [0.1, 0.15) is 12.3 Å². The van der Waals surface area contributed by atoms with Crippen LogP contribution < -0.4 is 20.7 Å². The first kappa shape index (κ1) is 15.6. The number of benzene rings is 1. The number of rotatable bonds is 3. The molecule has 124 valence electrons. The highest BCUT2D eigenvalue weighted by Crippen LogP contribution is 2.38.